The fourth-order valence-electron chi connectivity index (χ4n) is 4.77. The van der Waals surface area contributed by atoms with Crippen molar-refractivity contribution in [2.75, 3.05) is 25.6 Å². The molecule has 47 heavy (non-hydrogen) atoms. The number of hydrogen-bond donors (Lipinski definition) is 4. The molecule has 252 valence electrons. The zero-order valence-corrected chi connectivity index (χ0v) is 27.9. The molecular weight excluding hydrogens is 702 g/mol. The Balaban J connectivity index is 0.000000555. The fourth-order valence-corrected chi connectivity index (χ4v) is 6.28. The summed E-state index contributed by atoms with van der Waals surface area (Å²) in [6.45, 7) is 5.21. The number of halogens is 1. The molecule has 0 aliphatic carbocycles. The van der Waals surface area contributed by atoms with Crippen LogP contribution in [0, 0.1) is 5.92 Å². The molecule has 0 unspecified atom stereocenters. The predicted molar refractivity (Wildman–Crippen MR) is 172 cm³/mol. The molecule has 2 atom stereocenters. The minimum absolute atomic E-state index is 0.191. The average molecular weight is 737 g/mol. The van der Waals surface area contributed by atoms with Crippen molar-refractivity contribution in [3.8, 4) is 11.5 Å². The number of aryl methyl sites for hydroxylation is 1. The second-order valence-corrected chi connectivity index (χ2v) is 12.5. The number of fused-ring (bicyclic) bond motifs is 2. The van der Waals surface area contributed by atoms with Crippen molar-refractivity contribution >= 4 is 68.5 Å². The summed E-state index contributed by atoms with van der Waals surface area (Å²) in [6, 6.07) is 3.05. The number of nitrogen functional groups attached to an aromatic ring is 1. The zero-order valence-electron chi connectivity index (χ0n) is 25.5. The van der Waals surface area contributed by atoms with E-state index in [2.05, 4.69) is 30.5 Å². The number of imidazole rings is 1. The molecule has 4 heterocycles. The molecule has 16 nitrogen and oxygen atoms in total. The van der Waals surface area contributed by atoms with E-state index >= 15 is 0 Å². The van der Waals surface area contributed by atoms with E-state index in [1.165, 1.54) is 25.0 Å². The van der Waals surface area contributed by atoms with Crippen LogP contribution in [0.15, 0.2) is 45.1 Å². The topological polar surface area (TPSA) is 235 Å². The number of anilines is 1. The highest BCUT2D eigenvalue weighted by atomic mass is 79.9. The number of carbonyl (C=O) groups is 4. The largest absolute Gasteiger partial charge is 0.478 e. The molecule has 0 spiro atoms. The highest BCUT2D eigenvalue weighted by molar-refractivity contribution is 9.10. The minimum Gasteiger partial charge on any atom is -0.478 e. The highest BCUT2D eigenvalue weighted by Gasteiger charge is 2.29. The van der Waals surface area contributed by atoms with Crippen molar-refractivity contribution in [2.24, 2.45) is 11.7 Å². The van der Waals surface area contributed by atoms with E-state index in [-0.39, 0.29) is 12.7 Å². The van der Waals surface area contributed by atoms with Gasteiger partial charge in [0.1, 0.15) is 12.4 Å². The van der Waals surface area contributed by atoms with Gasteiger partial charge in [-0.3, -0.25) is 9.59 Å². The summed E-state index contributed by atoms with van der Waals surface area (Å²) >= 11 is 5.11. The Hall–Kier alpha value is -4.42. The summed E-state index contributed by atoms with van der Waals surface area (Å²) in [7, 11) is 0. The van der Waals surface area contributed by atoms with Crippen molar-refractivity contribution in [3.05, 3.63) is 35.1 Å². The van der Waals surface area contributed by atoms with Gasteiger partial charge >= 0.3 is 17.9 Å². The van der Waals surface area contributed by atoms with Gasteiger partial charge in [-0.1, -0.05) is 11.8 Å². The van der Waals surface area contributed by atoms with Gasteiger partial charge in [0.2, 0.25) is 6.79 Å². The van der Waals surface area contributed by atoms with E-state index in [1.54, 1.807) is 11.8 Å². The van der Waals surface area contributed by atoms with Gasteiger partial charge in [-0.05, 0) is 67.1 Å². The van der Waals surface area contributed by atoms with Crippen molar-refractivity contribution in [3.63, 3.8) is 0 Å². The first-order chi connectivity index (χ1) is 22.3. The van der Waals surface area contributed by atoms with E-state index in [0.717, 1.165) is 33.8 Å². The van der Waals surface area contributed by atoms with Crippen LogP contribution < -0.4 is 20.9 Å². The number of benzene rings is 1. The Morgan fingerprint density at radius 2 is 1.74 bits per heavy atom. The molecule has 1 saturated heterocycles. The van der Waals surface area contributed by atoms with Crippen LogP contribution in [0.4, 0.5) is 5.82 Å². The Bertz CT molecular complexity index is 1660. The summed E-state index contributed by atoms with van der Waals surface area (Å²) in [5, 5.41) is 16.4. The molecule has 1 fully saturated rings. The maximum Gasteiger partial charge on any atom is 0.328 e. The number of esters is 1. The van der Waals surface area contributed by atoms with E-state index in [1.807, 2.05) is 12.1 Å². The van der Waals surface area contributed by atoms with E-state index < -0.39 is 30.1 Å². The minimum atomic E-state index is -1.26. The number of carboxylic acids is 2. The third-order valence-corrected chi connectivity index (χ3v) is 9.19. The normalized spacial score (nSPS) is 15.6. The van der Waals surface area contributed by atoms with Crippen molar-refractivity contribution in [1.82, 2.24) is 24.4 Å². The Morgan fingerprint density at radius 3 is 2.36 bits per heavy atom. The molecule has 2 aromatic heterocycles. The lowest BCUT2D eigenvalue weighted by molar-refractivity contribution is -0.160. The van der Waals surface area contributed by atoms with Gasteiger partial charge in [-0.15, -0.1) is 0 Å². The number of rotatable bonds is 10. The van der Waals surface area contributed by atoms with Crippen LogP contribution in [0.5, 0.6) is 11.5 Å². The van der Waals surface area contributed by atoms with Crippen LogP contribution >= 0.6 is 27.7 Å². The van der Waals surface area contributed by atoms with Gasteiger partial charge in [0, 0.05) is 41.2 Å². The van der Waals surface area contributed by atoms with Crippen LogP contribution in [0.25, 0.3) is 11.2 Å². The number of hydrogen-bond acceptors (Lipinski definition) is 13. The van der Waals surface area contributed by atoms with Gasteiger partial charge in [0.05, 0.1) is 0 Å². The van der Waals surface area contributed by atoms with Crippen LogP contribution in [-0.4, -0.2) is 90.5 Å². The van der Waals surface area contributed by atoms with Crippen LogP contribution in [0.2, 0.25) is 0 Å². The quantitative estimate of drug-likeness (QED) is 0.173. The Labute approximate surface area is 281 Å². The number of ether oxygens (including phenoxy) is 3. The monoisotopic (exact) mass is 735 g/mol. The standard InChI is InChI=1S/C25H30BrN7O5S.C4H4O4/c1-13(27)24(35)38-14(2)23(34)32-6-3-15(4-7-32)5-8-33-22-20(21(28)29-11-30-22)31-25(33)39-19-10-18-17(9-16(19)26)36-12-37-18;5-3(6)1-2-4(7)8/h9-11,13-15H,3-8,12,27H2,1-2H3,(H2,28,29,30);1-2H,(H,5,6)(H,7,8)/b;2-1+/t13-,14-;/m0./s1. The summed E-state index contributed by atoms with van der Waals surface area (Å²) in [5.74, 6) is -1.17. The summed E-state index contributed by atoms with van der Waals surface area (Å²) in [4.78, 5) is 59.7. The zero-order chi connectivity index (χ0) is 34.2. The smallest absolute Gasteiger partial charge is 0.328 e. The number of nitrogens with two attached hydrogens (primary N) is 2. The van der Waals surface area contributed by atoms with Gasteiger partial charge in [-0.2, -0.15) is 0 Å². The molecule has 1 amide bonds. The lowest BCUT2D eigenvalue weighted by atomic mass is 9.93. The summed E-state index contributed by atoms with van der Waals surface area (Å²) in [5.41, 5.74) is 12.9. The molecule has 0 radical (unpaired) electrons. The molecule has 2 aliphatic rings. The molecule has 6 N–H and O–H groups in total. The second kappa shape index (κ2) is 15.9. The number of aliphatic carboxylic acids is 2. The number of carboxylic acid groups (broad SMARTS) is 2. The first-order valence-corrected chi connectivity index (χ1v) is 16.1. The number of piperidine rings is 1. The van der Waals surface area contributed by atoms with Crippen LogP contribution in [0.3, 0.4) is 0 Å². The summed E-state index contributed by atoms with van der Waals surface area (Å²) < 4.78 is 19.1. The van der Waals surface area contributed by atoms with Crippen molar-refractivity contribution in [1.29, 1.82) is 0 Å². The second-order valence-electron chi connectivity index (χ2n) is 10.7. The van der Waals surface area contributed by atoms with Gasteiger partial charge in [-0.25, -0.2) is 24.5 Å². The van der Waals surface area contributed by atoms with Gasteiger partial charge in [0.25, 0.3) is 5.91 Å². The third kappa shape index (κ3) is 9.32. The van der Waals surface area contributed by atoms with E-state index in [4.69, 9.17) is 40.9 Å². The first kappa shape index (κ1) is 35.4. The molecule has 18 heteroatoms. The van der Waals surface area contributed by atoms with Gasteiger partial charge < -0.3 is 45.4 Å². The molecular formula is C29H34BrN7O9S. The predicted octanol–water partition coefficient (Wildman–Crippen LogP) is 2.67. The molecule has 3 aromatic rings. The Kier molecular flexibility index (Phi) is 12.0. The lowest BCUT2D eigenvalue weighted by Crippen LogP contribution is -2.45. The van der Waals surface area contributed by atoms with Crippen molar-refractivity contribution < 1.29 is 43.6 Å². The number of amides is 1. The number of nitrogens with zero attached hydrogens (tertiary/aromatic N) is 5. The van der Waals surface area contributed by atoms with E-state index in [0.29, 0.717) is 66.2 Å². The maximum absolute atomic E-state index is 12.7. The van der Waals surface area contributed by atoms with Crippen LogP contribution in [-0.2, 0) is 30.5 Å². The highest BCUT2D eigenvalue weighted by Crippen LogP contribution is 2.43. The molecule has 5 rings (SSSR count). The summed E-state index contributed by atoms with van der Waals surface area (Å²) in [6.07, 6.45) is 4.29. The molecule has 0 bridgehead atoms. The average Bonchev–Trinajstić information content (AvgIpc) is 3.63. The maximum atomic E-state index is 12.7. The fraction of sp³-hybridized carbons (Fsp3) is 0.414. The first-order valence-electron chi connectivity index (χ1n) is 14.5. The van der Waals surface area contributed by atoms with Crippen molar-refractivity contribution in [2.45, 2.75) is 61.9 Å². The van der Waals surface area contributed by atoms with E-state index in [9.17, 15) is 19.2 Å². The molecule has 2 aliphatic heterocycles. The number of carbonyl (C=O) groups excluding carboxylic acids is 2. The van der Waals surface area contributed by atoms with Crippen LogP contribution in [0.1, 0.15) is 33.1 Å². The van der Waals surface area contributed by atoms with Gasteiger partial charge in [0.15, 0.2) is 39.7 Å². The molecule has 0 saturated carbocycles. The number of likely N-dealkylation sites (tertiary alicyclic amines) is 1. The lowest BCUT2D eigenvalue weighted by Gasteiger charge is -2.33. The SMILES string of the molecule is C[C@H](N)C(=O)O[C@@H](C)C(=O)N1CCC(CCn2c(Sc3cc4c(cc3Br)OCO4)nc3c(N)ncnc32)CC1.O=C(O)/C=C/C(=O)O. The molecule has 1 aromatic carbocycles. The Morgan fingerprint density at radius 1 is 1.11 bits per heavy atom. The third-order valence-electron chi connectivity index (χ3n) is 7.22. The number of aromatic nitrogens is 4.